The Labute approximate surface area is 198 Å². The van der Waals surface area contributed by atoms with Gasteiger partial charge in [-0.15, -0.1) is 0 Å². The van der Waals surface area contributed by atoms with Crippen LogP contribution in [0.2, 0.25) is 10.0 Å². The summed E-state index contributed by atoms with van der Waals surface area (Å²) in [5.41, 5.74) is 1.49. The number of hydrogen-bond acceptors (Lipinski definition) is 4. The molecule has 0 aliphatic carbocycles. The molecule has 0 unspecified atom stereocenters. The molecule has 1 heterocycles. The molecule has 1 aliphatic heterocycles. The van der Waals surface area contributed by atoms with Crippen molar-refractivity contribution >= 4 is 69.6 Å². The number of imide groups is 1. The topological polar surface area (TPSA) is 78.5 Å². The monoisotopic (exact) mass is 485 g/mol. The van der Waals surface area contributed by atoms with Crippen LogP contribution in [0.5, 0.6) is 0 Å². The molecule has 3 amide bonds. The smallest absolute Gasteiger partial charge is 0.283 e. The Morgan fingerprint density at radius 3 is 2.09 bits per heavy atom. The lowest BCUT2D eigenvalue weighted by Gasteiger charge is -2.16. The van der Waals surface area contributed by atoms with Crippen LogP contribution in [0.15, 0.2) is 83.5 Å². The normalized spacial score (nSPS) is 13.5. The molecule has 0 saturated carbocycles. The molecule has 0 spiro atoms. The van der Waals surface area contributed by atoms with Crippen molar-refractivity contribution < 1.29 is 14.4 Å². The van der Waals surface area contributed by atoms with E-state index >= 15 is 0 Å². The van der Waals surface area contributed by atoms with Crippen molar-refractivity contribution in [2.24, 2.45) is 0 Å². The van der Waals surface area contributed by atoms with Crippen LogP contribution in [0.1, 0.15) is 10.4 Å². The summed E-state index contributed by atoms with van der Waals surface area (Å²) >= 11 is 18.2. The molecule has 2 N–H and O–H groups in total. The van der Waals surface area contributed by atoms with Crippen LogP contribution in [0.25, 0.3) is 0 Å². The minimum absolute atomic E-state index is 0.117. The fourth-order valence-corrected chi connectivity index (χ4v) is 3.85. The zero-order valence-electron chi connectivity index (χ0n) is 16.2. The maximum Gasteiger partial charge on any atom is 0.283 e. The molecule has 0 bridgehead atoms. The lowest BCUT2D eigenvalue weighted by atomic mass is 10.1. The predicted molar refractivity (Wildman–Crippen MR) is 126 cm³/mol. The number of nitrogens with one attached hydrogen (secondary N) is 2. The summed E-state index contributed by atoms with van der Waals surface area (Å²) in [5, 5.41) is 5.88. The number of halogens is 3. The van der Waals surface area contributed by atoms with Gasteiger partial charge in [-0.05, 0) is 48.5 Å². The number of nitrogens with zero attached hydrogens (tertiary/aromatic N) is 1. The van der Waals surface area contributed by atoms with Crippen molar-refractivity contribution in [3.8, 4) is 0 Å². The summed E-state index contributed by atoms with van der Waals surface area (Å²) < 4.78 is 0. The van der Waals surface area contributed by atoms with E-state index in [-0.39, 0.29) is 32.4 Å². The zero-order chi connectivity index (χ0) is 22.8. The molecule has 1 aliphatic rings. The molecule has 0 saturated heterocycles. The molecular formula is C23H14Cl3N3O3. The Morgan fingerprint density at radius 1 is 0.750 bits per heavy atom. The van der Waals surface area contributed by atoms with Gasteiger partial charge in [-0.25, -0.2) is 4.90 Å². The molecule has 4 rings (SSSR count). The zero-order valence-corrected chi connectivity index (χ0v) is 18.5. The molecule has 32 heavy (non-hydrogen) atoms. The Hall–Kier alpha value is -3.32. The average Bonchev–Trinajstić information content (AvgIpc) is 2.97. The van der Waals surface area contributed by atoms with E-state index in [1.807, 2.05) is 18.2 Å². The van der Waals surface area contributed by atoms with Gasteiger partial charge < -0.3 is 10.6 Å². The highest BCUT2D eigenvalue weighted by Crippen LogP contribution is 2.33. The van der Waals surface area contributed by atoms with Gasteiger partial charge in [-0.3, -0.25) is 14.4 Å². The third-order valence-corrected chi connectivity index (χ3v) is 5.35. The van der Waals surface area contributed by atoms with Gasteiger partial charge in [-0.1, -0.05) is 59.1 Å². The van der Waals surface area contributed by atoms with E-state index in [0.717, 1.165) is 4.90 Å². The maximum atomic E-state index is 12.9. The van der Waals surface area contributed by atoms with E-state index < -0.39 is 11.8 Å². The number of hydrogen-bond donors (Lipinski definition) is 2. The molecule has 0 fully saturated rings. The number of carbonyl (C=O) groups excluding carboxylic acids is 3. The van der Waals surface area contributed by atoms with Gasteiger partial charge in [0.05, 0.1) is 5.69 Å². The van der Waals surface area contributed by atoms with Crippen LogP contribution < -0.4 is 15.5 Å². The van der Waals surface area contributed by atoms with Gasteiger partial charge in [0.25, 0.3) is 17.7 Å². The van der Waals surface area contributed by atoms with Crippen molar-refractivity contribution in [3.05, 3.63) is 99.1 Å². The summed E-state index contributed by atoms with van der Waals surface area (Å²) in [5.74, 6) is -1.71. The highest BCUT2D eigenvalue weighted by Gasteiger charge is 2.39. The van der Waals surface area contributed by atoms with Gasteiger partial charge >= 0.3 is 0 Å². The van der Waals surface area contributed by atoms with Crippen molar-refractivity contribution in [1.82, 2.24) is 0 Å². The van der Waals surface area contributed by atoms with Crippen LogP contribution in [0.3, 0.4) is 0 Å². The van der Waals surface area contributed by atoms with E-state index in [1.165, 1.54) is 18.2 Å². The molecule has 9 heteroatoms. The van der Waals surface area contributed by atoms with E-state index in [1.54, 1.807) is 36.4 Å². The van der Waals surface area contributed by atoms with Gasteiger partial charge in [0.1, 0.15) is 10.7 Å². The molecule has 0 radical (unpaired) electrons. The molecule has 3 aromatic carbocycles. The van der Waals surface area contributed by atoms with E-state index in [4.69, 9.17) is 34.8 Å². The van der Waals surface area contributed by atoms with Crippen LogP contribution in [0, 0.1) is 0 Å². The van der Waals surface area contributed by atoms with Crippen molar-refractivity contribution in [1.29, 1.82) is 0 Å². The number of benzene rings is 3. The average molecular weight is 487 g/mol. The maximum absolute atomic E-state index is 12.9. The van der Waals surface area contributed by atoms with E-state index in [9.17, 15) is 14.4 Å². The van der Waals surface area contributed by atoms with Crippen LogP contribution in [0.4, 0.5) is 17.1 Å². The second kappa shape index (κ2) is 9.04. The van der Waals surface area contributed by atoms with Crippen molar-refractivity contribution in [2.75, 3.05) is 15.5 Å². The number of amides is 3. The Bertz CT molecular complexity index is 1260. The standard InChI is InChI=1S/C23H14Cl3N3O3/c24-14-10-15(25)12-18(11-14)29-22(31)19(26)20(23(29)32)27-17-8-4-5-13(9-17)21(30)28-16-6-2-1-3-7-16/h1-12,27H,(H,28,30). The first-order chi connectivity index (χ1) is 15.3. The van der Waals surface area contributed by atoms with Gasteiger partial charge in [0, 0.05) is 27.0 Å². The summed E-state index contributed by atoms with van der Waals surface area (Å²) in [6.07, 6.45) is 0. The fourth-order valence-electron chi connectivity index (χ4n) is 3.12. The third-order valence-electron chi connectivity index (χ3n) is 4.56. The SMILES string of the molecule is O=C(Nc1ccccc1)c1cccc(NC2=C(Cl)C(=O)N(c3cc(Cl)cc(Cl)c3)C2=O)c1. The first kappa shape index (κ1) is 21.9. The van der Waals surface area contributed by atoms with Gasteiger partial charge in [0.15, 0.2) is 0 Å². The first-order valence-corrected chi connectivity index (χ1v) is 10.4. The first-order valence-electron chi connectivity index (χ1n) is 9.31. The largest absolute Gasteiger partial charge is 0.350 e. The summed E-state index contributed by atoms with van der Waals surface area (Å²) in [6.45, 7) is 0. The van der Waals surface area contributed by atoms with Crippen molar-refractivity contribution in [3.63, 3.8) is 0 Å². The third kappa shape index (κ3) is 4.48. The molecule has 0 atom stereocenters. The van der Waals surface area contributed by atoms with E-state index in [2.05, 4.69) is 10.6 Å². The van der Waals surface area contributed by atoms with Crippen LogP contribution in [-0.2, 0) is 9.59 Å². The quantitative estimate of drug-likeness (QED) is 0.455. The fraction of sp³-hybridized carbons (Fsp3) is 0. The highest BCUT2D eigenvalue weighted by atomic mass is 35.5. The summed E-state index contributed by atoms with van der Waals surface area (Å²) in [4.78, 5) is 39.0. The lowest BCUT2D eigenvalue weighted by Crippen LogP contribution is -2.32. The molecular weight excluding hydrogens is 473 g/mol. The highest BCUT2D eigenvalue weighted by molar-refractivity contribution is 6.53. The predicted octanol–water partition coefficient (Wildman–Crippen LogP) is 5.68. The van der Waals surface area contributed by atoms with Gasteiger partial charge in [0.2, 0.25) is 0 Å². The Morgan fingerprint density at radius 2 is 1.41 bits per heavy atom. The summed E-state index contributed by atoms with van der Waals surface area (Å²) in [6, 6.07) is 19.8. The number of anilines is 3. The summed E-state index contributed by atoms with van der Waals surface area (Å²) in [7, 11) is 0. The van der Waals surface area contributed by atoms with Crippen molar-refractivity contribution in [2.45, 2.75) is 0 Å². The molecule has 0 aromatic heterocycles. The Kier molecular flexibility index (Phi) is 6.19. The van der Waals surface area contributed by atoms with Crippen LogP contribution in [-0.4, -0.2) is 17.7 Å². The van der Waals surface area contributed by atoms with Crippen LogP contribution >= 0.6 is 34.8 Å². The van der Waals surface area contributed by atoms with Gasteiger partial charge in [-0.2, -0.15) is 0 Å². The Balaban J connectivity index is 1.56. The number of para-hydroxylation sites is 1. The van der Waals surface area contributed by atoms with E-state index in [0.29, 0.717) is 16.9 Å². The minimum atomic E-state index is -0.713. The number of carbonyl (C=O) groups is 3. The minimum Gasteiger partial charge on any atom is -0.350 e. The second-order valence-corrected chi connectivity index (χ2v) is 8.04. The molecule has 6 nitrogen and oxygen atoms in total. The number of rotatable bonds is 5. The second-order valence-electron chi connectivity index (χ2n) is 6.79. The molecule has 3 aromatic rings. The molecule has 160 valence electrons. The lowest BCUT2D eigenvalue weighted by molar-refractivity contribution is -0.120.